The number of hydrogen-bond donors (Lipinski definition) is 0. The van der Waals surface area contributed by atoms with E-state index in [1.54, 1.807) is 18.2 Å². The lowest BCUT2D eigenvalue weighted by molar-refractivity contribution is 0.295. The highest BCUT2D eigenvalue weighted by atomic mass is 19.2. The van der Waals surface area contributed by atoms with Crippen LogP contribution in [0, 0.1) is 29.9 Å². The van der Waals surface area contributed by atoms with Crippen LogP contribution in [0.3, 0.4) is 0 Å². The molecule has 4 heteroatoms. The Bertz CT molecular complexity index is 647. The van der Waals surface area contributed by atoms with Crippen LogP contribution in [0.2, 0.25) is 0 Å². The molecular weight excluding hydrogens is 248 g/mol. The molecule has 0 radical (unpaired) electrons. The minimum Gasteiger partial charge on any atom is -0.488 e. The van der Waals surface area contributed by atoms with E-state index in [2.05, 4.69) is 0 Å². The first-order chi connectivity index (χ1) is 9.11. The second-order valence-electron chi connectivity index (χ2n) is 4.09. The van der Waals surface area contributed by atoms with Gasteiger partial charge in [-0.25, -0.2) is 8.78 Å². The highest BCUT2D eigenvalue weighted by Gasteiger charge is 2.09. The fraction of sp³-hybridized carbons (Fsp3) is 0.133. The van der Waals surface area contributed by atoms with Crippen molar-refractivity contribution in [3.8, 4) is 11.8 Å². The van der Waals surface area contributed by atoms with E-state index >= 15 is 0 Å². The molecule has 0 aliphatic heterocycles. The van der Waals surface area contributed by atoms with Gasteiger partial charge in [0.15, 0.2) is 11.6 Å². The van der Waals surface area contributed by atoms with Gasteiger partial charge in [-0.1, -0.05) is 18.2 Å². The van der Waals surface area contributed by atoms with Gasteiger partial charge in [0.2, 0.25) is 0 Å². The average Bonchev–Trinajstić information content (AvgIpc) is 2.42. The van der Waals surface area contributed by atoms with Crippen LogP contribution in [0.1, 0.15) is 16.7 Å². The van der Waals surface area contributed by atoms with E-state index in [1.165, 1.54) is 12.1 Å². The molecule has 0 aliphatic carbocycles. The molecule has 0 aliphatic rings. The zero-order chi connectivity index (χ0) is 13.8. The number of ether oxygens (including phenoxy) is 1. The highest BCUT2D eigenvalue weighted by molar-refractivity contribution is 5.41. The van der Waals surface area contributed by atoms with Gasteiger partial charge in [-0.05, 0) is 30.7 Å². The fourth-order valence-electron chi connectivity index (χ4n) is 1.64. The third-order valence-corrected chi connectivity index (χ3v) is 2.73. The van der Waals surface area contributed by atoms with Crippen molar-refractivity contribution in [1.29, 1.82) is 5.26 Å². The monoisotopic (exact) mass is 259 g/mol. The molecule has 0 fully saturated rings. The lowest BCUT2D eigenvalue weighted by Crippen LogP contribution is -2.01. The topological polar surface area (TPSA) is 33.0 Å². The first-order valence-electron chi connectivity index (χ1n) is 5.68. The van der Waals surface area contributed by atoms with Crippen molar-refractivity contribution in [2.45, 2.75) is 13.5 Å². The van der Waals surface area contributed by atoms with Crippen LogP contribution in [0.4, 0.5) is 8.78 Å². The summed E-state index contributed by atoms with van der Waals surface area (Å²) in [6, 6.07) is 10.9. The first-order valence-corrected chi connectivity index (χ1v) is 5.68. The molecule has 96 valence electrons. The van der Waals surface area contributed by atoms with E-state index in [0.717, 1.165) is 11.6 Å². The van der Waals surface area contributed by atoms with Crippen molar-refractivity contribution in [2.75, 3.05) is 0 Å². The Labute approximate surface area is 109 Å². The van der Waals surface area contributed by atoms with Gasteiger partial charge in [0.25, 0.3) is 0 Å². The van der Waals surface area contributed by atoms with Gasteiger partial charge in [-0.2, -0.15) is 5.26 Å². The Morgan fingerprint density at radius 3 is 2.74 bits per heavy atom. The maximum atomic E-state index is 13.4. The van der Waals surface area contributed by atoms with E-state index in [-0.39, 0.29) is 12.2 Å². The predicted octanol–water partition coefficient (Wildman–Crippen LogP) is 3.72. The molecule has 0 aromatic heterocycles. The summed E-state index contributed by atoms with van der Waals surface area (Å²) in [7, 11) is 0. The number of rotatable bonds is 3. The van der Waals surface area contributed by atoms with Gasteiger partial charge in [0.1, 0.15) is 12.4 Å². The standard InChI is InChI=1S/C15H11F2NO/c1-10-5-6-11(8-18)7-14(10)19-9-12-3-2-4-13(16)15(12)17/h2-7H,9H2,1H3. The van der Waals surface area contributed by atoms with E-state index in [9.17, 15) is 8.78 Å². The summed E-state index contributed by atoms with van der Waals surface area (Å²) in [5.41, 5.74) is 1.43. The molecule has 0 heterocycles. The van der Waals surface area contributed by atoms with Crippen LogP contribution < -0.4 is 4.74 Å². The van der Waals surface area contributed by atoms with Crippen molar-refractivity contribution in [3.05, 3.63) is 64.7 Å². The van der Waals surface area contributed by atoms with E-state index in [4.69, 9.17) is 10.00 Å². The van der Waals surface area contributed by atoms with E-state index in [1.807, 2.05) is 13.0 Å². The van der Waals surface area contributed by atoms with Crippen molar-refractivity contribution >= 4 is 0 Å². The summed E-state index contributed by atoms with van der Waals surface area (Å²) < 4.78 is 31.9. The lowest BCUT2D eigenvalue weighted by Gasteiger charge is -2.10. The van der Waals surface area contributed by atoms with Crippen molar-refractivity contribution in [2.24, 2.45) is 0 Å². The highest BCUT2D eigenvalue weighted by Crippen LogP contribution is 2.21. The summed E-state index contributed by atoms with van der Waals surface area (Å²) >= 11 is 0. The largest absolute Gasteiger partial charge is 0.488 e. The molecule has 0 N–H and O–H groups in total. The van der Waals surface area contributed by atoms with Gasteiger partial charge in [0.05, 0.1) is 11.6 Å². The molecule has 0 spiro atoms. The Morgan fingerprint density at radius 1 is 1.21 bits per heavy atom. The minimum absolute atomic E-state index is 0.0840. The van der Waals surface area contributed by atoms with Gasteiger partial charge < -0.3 is 4.74 Å². The summed E-state index contributed by atoms with van der Waals surface area (Å²) in [6.45, 7) is 1.73. The predicted molar refractivity (Wildman–Crippen MR) is 66.6 cm³/mol. The van der Waals surface area contributed by atoms with Crippen LogP contribution in [-0.2, 0) is 6.61 Å². The number of halogens is 2. The molecule has 2 rings (SSSR count). The quantitative estimate of drug-likeness (QED) is 0.841. The van der Waals surface area contributed by atoms with Crippen molar-refractivity contribution in [3.63, 3.8) is 0 Å². The van der Waals surface area contributed by atoms with Gasteiger partial charge in [-0.3, -0.25) is 0 Å². The second-order valence-corrected chi connectivity index (χ2v) is 4.09. The molecular formula is C15H11F2NO. The number of aryl methyl sites for hydroxylation is 1. The molecule has 2 nitrogen and oxygen atoms in total. The Balaban J connectivity index is 2.19. The normalized spacial score (nSPS) is 10.0. The maximum Gasteiger partial charge on any atom is 0.165 e. The molecule has 0 saturated carbocycles. The molecule has 2 aromatic rings. The SMILES string of the molecule is Cc1ccc(C#N)cc1OCc1cccc(F)c1F. The third-order valence-electron chi connectivity index (χ3n) is 2.73. The second kappa shape index (κ2) is 5.49. The average molecular weight is 259 g/mol. The zero-order valence-corrected chi connectivity index (χ0v) is 10.3. The van der Waals surface area contributed by atoms with Crippen molar-refractivity contribution < 1.29 is 13.5 Å². The summed E-state index contributed by atoms with van der Waals surface area (Å²) in [5, 5.41) is 8.80. The molecule has 0 atom stereocenters. The molecule has 0 amide bonds. The Kier molecular flexibility index (Phi) is 3.76. The summed E-state index contributed by atoms with van der Waals surface area (Å²) in [5.74, 6) is -1.32. The minimum atomic E-state index is -0.906. The fourth-order valence-corrected chi connectivity index (χ4v) is 1.64. The number of nitriles is 1. The lowest BCUT2D eigenvalue weighted by atomic mass is 10.1. The molecule has 0 saturated heterocycles. The van der Waals surface area contributed by atoms with Crippen LogP contribution >= 0.6 is 0 Å². The number of hydrogen-bond acceptors (Lipinski definition) is 2. The number of nitrogens with zero attached hydrogens (tertiary/aromatic N) is 1. The van der Waals surface area contributed by atoms with Gasteiger partial charge in [-0.15, -0.1) is 0 Å². The Hall–Kier alpha value is -2.41. The smallest absolute Gasteiger partial charge is 0.165 e. The molecule has 19 heavy (non-hydrogen) atoms. The van der Waals surface area contributed by atoms with Crippen LogP contribution in [-0.4, -0.2) is 0 Å². The van der Waals surface area contributed by atoms with Crippen LogP contribution in [0.25, 0.3) is 0 Å². The van der Waals surface area contributed by atoms with Gasteiger partial charge >= 0.3 is 0 Å². The summed E-state index contributed by atoms with van der Waals surface area (Å²) in [4.78, 5) is 0. The van der Waals surface area contributed by atoms with Crippen LogP contribution in [0.5, 0.6) is 5.75 Å². The number of benzene rings is 2. The van der Waals surface area contributed by atoms with Gasteiger partial charge in [0, 0.05) is 5.56 Å². The first kappa shape index (κ1) is 13.0. The maximum absolute atomic E-state index is 13.4. The summed E-state index contributed by atoms with van der Waals surface area (Å²) in [6.07, 6.45) is 0. The van der Waals surface area contributed by atoms with Crippen LogP contribution in [0.15, 0.2) is 36.4 Å². The van der Waals surface area contributed by atoms with E-state index in [0.29, 0.717) is 11.3 Å². The molecule has 2 aromatic carbocycles. The molecule has 0 unspecified atom stereocenters. The Morgan fingerprint density at radius 2 is 2.00 bits per heavy atom. The zero-order valence-electron chi connectivity index (χ0n) is 10.3. The van der Waals surface area contributed by atoms with Crippen molar-refractivity contribution in [1.82, 2.24) is 0 Å². The third kappa shape index (κ3) is 2.89. The van der Waals surface area contributed by atoms with E-state index < -0.39 is 11.6 Å². The molecule has 0 bridgehead atoms.